The van der Waals surface area contributed by atoms with Crippen molar-refractivity contribution in [3.63, 3.8) is 0 Å². The molecule has 0 bridgehead atoms. The van der Waals surface area contributed by atoms with Gasteiger partial charge in [-0.1, -0.05) is 42.4 Å². The molecule has 0 atom stereocenters. The van der Waals surface area contributed by atoms with Crippen molar-refractivity contribution in [3.05, 3.63) is 69.0 Å². The molecule has 1 N–H and O–H groups in total. The summed E-state index contributed by atoms with van der Waals surface area (Å²) in [6.45, 7) is 2.33. The molecule has 0 aliphatic carbocycles. The number of carbonyl (C=O) groups is 1. The number of aromatic nitrogens is 3. The summed E-state index contributed by atoms with van der Waals surface area (Å²) < 4.78 is 7.50. The number of nitrogens with zero attached hydrogens (tertiary/aromatic N) is 4. The number of nitro benzene ring substituents is 1. The van der Waals surface area contributed by atoms with Crippen LogP contribution in [0, 0.1) is 10.1 Å². The predicted octanol–water partition coefficient (Wildman–Crippen LogP) is 4.25. The van der Waals surface area contributed by atoms with Crippen LogP contribution in [0.4, 0.5) is 11.4 Å². The van der Waals surface area contributed by atoms with E-state index < -0.39 is 4.92 Å². The van der Waals surface area contributed by atoms with Crippen molar-refractivity contribution < 1.29 is 14.5 Å². The van der Waals surface area contributed by atoms with Gasteiger partial charge in [0, 0.05) is 19.2 Å². The number of halogens is 1. The fourth-order valence-electron chi connectivity index (χ4n) is 2.60. The van der Waals surface area contributed by atoms with Crippen LogP contribution in [0.2, 0.25) is 5.02 Å². The van der Waals surface area contributed by atoms with Crippen LogP contribution < -0.4 is 10.1 Å². The largest absolute Gasteiger partial charge is 0.486 e. The number of thioether (sulfide) groups is 1. The van der Waals surface area contributed by atoms with E-state index in [0.717, 1.165) is 12.2 Å². The highest BCUT2D eigenvalue weighted by Gasteiger charge is 2.15. The Balaban J connectivity index is 1.55. The third-order valence-corrected chi connectivity index (χ3v) is 5.74. The van der Waals surface area contributed by atoms with Crippen LogP contribution in [0.3, 0.4) is 0 Å². The molecule has 2 aromatic carbocycles. The lowest BCUT2D eigenvalue weighted by Crippen LogP contribution is -2.15. The number of hydrogen-bond donors (Lipinski definition) is 1. The van der Waals surface area contributed by atoms with Crippen molar-refractivity contribution >= 4 is 40.6 Å². The number of amides is 1. The van der Waals surface area contributed by atoms with Crippen molar-refractivity contribution in [2.45, 2.75) is 25.1 Å². The zero-order chi connectivity index (χ0) is 22.4. The Kier molecular flexibility index (Phi) is 7.48. The normalized spacial score (nSPS) is 10.7. The van der Waals surface area contributed by atoms with Gasteiger partial charge in [0.2, 0.25) is 5.91 Å². The number of benzene rings is 2. The Labute approximate surface area is 187 Å². The van der Waals surface area contributed by atoms with Crippen molar-refractivity contribution in [2.24, 2.45) is 7.05 Å². The SMILES string of the molecule is CCc1ccc(OCc2nnc(SCC(=O)Nc3cc([N+](=O)[O-])ccc3Cl)n2C)cc1. The van der Waals surface area contributed by atoms with Gasteiger partial charge >= 0.3 is 0 Å². The Hall–Kier alpha value is -3.11. The van der Waals surface area contributed by atoms with Gasteiger partial charge in [-0.2, -0.15) is 0 Å². The maximum absolute atomic E-state index is 12.3. The van der Waals surface area contributed by atoms with Gasteiger partial charge in [0.1, 0.15) is 12.4 Å². The van der Waals surface area contributed by atoms with E-state index in [-0.39, 0.29) is 34.7 Å². The van der Waals surface area contributed by atoms with Gasteiger partial charge in [0.25, 0.3) is 5.69 Å². The lowest BCUT2D eigenvalue weighted by atomic mass is 10.2. The molecule has 0 unspecified atom stereocenters. The first-order valence-corrected chi connectivity index (χ1v) is 10.7. The second-order valence-corrected chi connectivity index (χ2v) is 7.85. The number of ether oxygens (including phenoxy) is 1. The average molecular weight is 462 g/mol. The van der Waals surface area contributed by atoms with E-state index in [2.05, 4.69) is 22.4 Å². The molecule has 11 heteroatoms. The van der Waals surface area contributed by atoms with Crippen LogP contribution in [0.5, 0.6) is 5.75 Å². The number of anilines is 1. The highest BCUT2D eigenvalue weighted by molar-refractivity contribution is 7.99. The first kappa shape index (κ1) is 22.6. The third-order valence-electron chi connectivity index (χ3n) is 4.39. The van der Waals surface area contributed by atoms with Crippen LogP contribution >= 0.6 is 23.4 Å². The number of nitrogens with one attached hydrogen (secondary N) is 1. The van der Waals surface area contributed by atoms with Gasteiger partial charge in [-0.3, -0.25) is 14.9 Å². The minimum Gasteiger partial charge on any atom is -0.486 e. The lowest BCUT2D eigenvalue weighted by Gasteiger charge is -2.08. The smallest absolute Gasteiger partial charge is 0.271 e. The van der Waals surface area contributed by atoms with Crippen molar-refractivity contribution in [2.75, 3.05) is 11.1 Å². The van der Waals surface area contributed by atoms with E-state index in [9.17, 15) is 14.9 Å². The molecule has 31 heavy (non-hydrogen) atoms. The fourth-order valence-corrected chi connectivity index (χ4v) is 3.50. The highest BCUT2D eigenvalue weighted by Crippen LogP contribution is 2.27. The summed E-state index contributed by atoms with van der Waals surface area (Å²) in [6.07, 6.45) is 0.963. The van der Waals surface area contributed by atoms with Crippen molar-refractivity contribution in [1.29, 1.82) is 0 Å². The maximum Gasteiger partial charge on any atom is 0.271 e. The van der Waals surface area contributed by atoms with Crippen molar-refractivity contribution in [3.8, 4) is 5.75 Å². The minimum atomic E-state index is -0.554. The molecule has 0 spiro atoms. The number of aryl methyl sites for hydroxylation is 1. The maximum atomic E-state index is 12.3. The first-order valence-electron chi connectivity index (χ1n) is 9.34. The summed E-state index contributed by atoms with van der Waals surface area (Å²) >= 11 is 7.19. The molecule has 1 amide bonds. The Morgan fingerprint density at radius 1 is 1.26 bits per heavy atom. The molecule has 0 radical (unpaired) electrons. The number of rotatable bonds is 9. The minimum absolute atomic E-state index is 0.0321. The Morgan fingerprint density at radius 2 is 2.00 bits per heavy atom. The molecule has 0 saturated heterocycles. The Morgan fingerprint density at radius 3 is 2.68 bits per heavy atom. The van der Waals surface area contributed by atoms with E-state index in [1.165, 1.54) is 35.5 Å². The molecular weight excluding hydrogens is 442 g/mol. The van der Waals surface area contributed by atoms with Gasteiger partial charge in [-0.25, -0.2) is 0 Å². The zero-order valence-corrected chi connectivity index (χ0v) is 18.4. The van der Waals surface area contributed by atoms with E-state index in [4.69, 9.17) is 16.3 Å². The molecule has 1 heterocycles. The molecule has 3 rings (SSSR count). The van der Waals surface area contributed by atoms with E-state index >= 15 is 0 Å². The molecule has 3 aromatic rings. The summed E-state index contributed by atoms with van der Waals surface area (Å²) in [5, 5.41) is 22.4. The standard InChI is InChI=1S/C20H20ClN5O4S/c1-3-13-4-7-15(8-5-13)30-11-18-23-24-20(25(18)2)31-12-19(27)22-17-10-14(26(28)29)6-9-16(17)21/h4-10H,3,11-12H2,1-2H3,(H,22,27). The molecule has 0 fully saturated rings. The van der Waals surface area contributed by atoms with Crippen LogP contribution in [-0.4, -0.2) is 31.3 Å². The fraction of sp³-hybridized carbons (Fsp3) is 0.250. The summed E-state index contributed by atoms with van der Waals surface area (Å²) in [6, 6.07) is 11.7. The average Bonchev–Trinajstić information content (AvgIpc) is 3.12. The number of hydrogen-bond acceptors (Lipinski definition) is 7. The summed E-state index contributed by atoms with van der Waals surface area (Å²) in [5.74, 6) is 1.01. The number of non-ortho nitro benzene ring substituents is 1. The van der Waals surface area contributed by atoms with Crippen LogP contribution in [0.1, 0.15) is 18.3 Å². The summed E-state index contributed by atoms with van der Waals surface area (Å²) in [7, 11) is 1.79. The topological polar surface area (TPSA) is 112 Å². The van der Waals surface area contributed by atoms with Gasteiger partial charge in [0.05, 0.1) is 21.4 Å². The second-order valence-electron chi connectivity index (χ2n) is 6.50. The molecule has 0 aliphatic rings. The summed E-state index contributed by atoms with van der Waals surface area (Å²) in [4.78, 5) is 22.6. The molecule has 1 aromatic heterocycles. The van der Waals surface area contributed by atoms with E-state index in [0.29, 0.717) is 11.0 Å². The van der Waals surface area contributed by atoms with Gasteiger partial charge < -0.3 is 14.6 Å². The predicted molar refractivity (Wildman–Crippen MR) is 119 cm³/mol. The third kappa shape index (κ3) is 5.96. The van der Waals surface area contributed by atoms with Gasteiger partial charge in [-0.05, 0) is 30.2 Å². The number of carbonyl (C=O) groups excluding carboxylic acids is 1. The molecule has 162 valence electrons. The highest BCUT2D eigenvalue weighted by atomic mass is 35.5. The van der Waals surface area contributed by atoms with Crippen LogP contribution in [0.25, 0.3) is 0 Å². The van der Waals surface area contributed by atoms with E-state index in [1.807, 2.05) is 24.3 Å². The van der Waals surface area contributed by atoms with Crippen LogP contribution in [-0.2, 0) is 24.9 Å². The first-order chi connectivity index (χ1) is 14.9. The van der Waals surface area contributed by atoms with Gasteiger partial charge in [-0.15, -0.1) is 10.2 Å². The van der Waals surface area contributed by atoms with Crippen molar-refractivity contribution in [1.82, 2.24) is 14.8 Å². The molecule has 9 nitrogen and oxygen atoms in total. The Bertz CT molecular complexity index is 1090. The quantitative estimate of drug-likeness (QED) is 0.288. The second kappa shape index (κ2) is 10.3. The monoisotopic (exact) mass is 461 g/mol. The molecule has 0 aliphatic heterocycles. The lowest BCUT2D eigenvalue weighted by molar-refractivity contribution is -0.384. The number of nitro groups is 1. The van der Waals surface area contributed by atoms with E-state index in [1.54, 1.807) is 11.6 Å². The van der Waals surface area contributed by atoms with Gasteiger partial charge in [0.15, 0.2) is 11.0 Å². The van der Waals surface area contributed by atoms with Crippen LogP contribution in [0.15, 0.2) is 47.6 Å². The molecular formula is C20H20ClN5O4S. The summed E-state index contributed by atoms with van der Waals surface area (Å²) in [5.41, 5.74) is 1.26. The molecule has 0 saturated carbocycles. The zero-order valence-electron chi connectivity index (χ0n) is 16.9.